The molecule has 0 spiro atoms. The van der Waals surface area contributed by atoms with Gasteiger partial charge in [0.25, 0.3) is 0 Å². The van der Waals surface area contributed by atoms with E-state index in [1.165, 1.54) is 18.2 Å². The van der Waals surface area contributed by atoms with E-state index >= 15 is 0 Å². The van der Waals surface area contributed by atoms with Gasteiger partial charge in [0, 0.05) is 20.1 Å². The third-order valence-corrected chi connectivity index (χ3v) is 5.55. The molecule has 23 heavy (non-hydrogen) atoms. The van der Waals surface area contributed by atoms with Crippen LogP contribution in [-0.2, 0) is 11.8 Å². The predicted octanol–water partition coefficient (Wildman–Crippen LogP) is 2.97. The summed E-state index contributed by atoms with van der Waals surface area (Å²) in [6, 6.07) is 9.97. The van der Waals surface area contributed by atoms with E-state index in [1.807, 2.05) is 53.8 Å². The Kier molecular flexibility index (Phi) is 5.00. The van der Waals surface area contributed by atoms with Crippen molar-refractivity contribution < 1.29 is 4.79 Å². The van der Waals surface area contributed by atoms with Gasteiger partial charge in [-0.15, -0.1) is 10.2 Å². The van der Waals surface area contributed by atoms with Crippen LogP contribution in [0.4, 0.5) is 0 Å². The number of thioether (sulfide) groups is 1. The first-order valence-electron chi connectivity index (χ1n) is 8.03. The Balaban J connectivity index is 1.87. The number of carbonyl (C=O) groups is 1. The summed E-state index contributed by atoms with van der Waals surface area (Å²) in [5.74, 6) is 1.03. The standard InChI is InChI=1S/C17H22N4OS/c1-13-18-19-17(20(13)2)23-15(14-9-5-3-6-10-14)16(22)21-11-7-4-8-12-21/h3,5-6,9-10,15H,4,7-8,11-12H2,1-2H3/t15-/m0/s1. The Morgan fingerprint density at radius 3 is 2.43 bits per heavy atom. The van der Waals surface area contributed by atoms with Gasteiger partial charge in [-0.25, -0.2) is 0 Å². The average Bonchev–Trinajstić information content (AvgIpc) is 2.92. The van der Waals surface area contributed by atoms with Crippen LogP contribution < -0.4 is 0 Å². The number of aryl methyl sites for hydroxylation is 1. The monoisotopic (exact) mass is 330 g/mol. The van der Waals surface area contributed by atoms with Crippen molar-refractivity contribution in [2.24, 2.45) is 7.05 Å². The lowest BCUT2D eigenvalue weighted by molar-refractivity contribution is -0.131. The number of rotatable bonds is 4. The van der Waals surface area contributed by atoms with Gasteiger partial charge in [0.15, 0.2) is 5.16 Å². The van der Waals surface area contributed by atoms with Crippen LogP contribution in [-0.4, -0.2) is 38.7 Å². The lowest BCUT2D eigenvalue weighted by Gasteiger charge is -2.30. The van der Waals surface area contributed by atoms with Crippen molar-refractivity contribution in [3.8, 4) is 0 Å². The molecule has 0 N–H and O–H groups in total. The van der Waals surface area contributed by atoms with Crippen LogP contribution >= 0.6 is 11.8 Å². The van der Waals surface area contributed by atoms with Crippen molar-refractivity contribution in [3.63, 3.8) is 0 Å². The molecule has 2 heterocycles. The molecule has 1 aromatic heterocycles. The zero-order chi connectivity index (χ0) is 16.2. The van der Waals surface area contributed by atoms with E-state index in [2.05, 4.69) is 10.2 Å². The number of amides is 1. The molecule has 1 aliphatic rings. The smallest absolute Gasteiger partial charge is 0.240 e. The van der Waals surface area contributed by atoms with Crippen molar-refractivity contribution >= 4 is 17.7 Å². The SMILES string of the molecule is Cc1nnc(S[C@H](C(=O)N2CCCCC2)c2ccccc2)n1C. The normalized spacial score (nSPS) is 16.3. The quantitative estimate of drug-likeness (QED) is 0.809. The summed E-state index contributed by atoms with van der Waals surface area (Å²) in [5, 5.41) is 8.83. The molecule has 0 aliphatic carbocycles. The lowest BCUT2D eigenvalue weighted by atomic mass is 10.1. The number of aromatic nitrogens is 3. The maximum Gasteiger partial charge on any atom is 0.240 e. The summed E-state index contributed by atoms with van der Waals surface area (Å²) in [4.78, 5) is 15.1. The van der Waals surface area contributed by atoms with Gasteiger partial charge in [-0.1, -0.05) is 42.1 Å². The molecule has 0 unspecified atom stereocenters. The molecule has 1 aromatic carbocycles. The molecule has 2 aromatic rings. The lowest BCUT2D eigenvalue weighted by Crippen LogP contribution is -2.38. The minimum Gasteiger partial charge on any atom is -0.341 e. The highest BCUT2D eigenvalue weighted by molar-refractivity contribution is 8.00. The predicted molar refractivity (Wildman–Crippen MR) is 91.2 cm³/mol. The zero-order valence-electron chi connectivity index (χ0n) is 13.6. The van der Waals surface area contributed by atoms with Crippen molar-refractivity contribution in [2.75, 3.05) is 13.1 Å². The van der Waals surface area contributed by atoms with E-state index in [0.29, 0.717) is 0 Å². The Labute approximate surface area is 141 Å². The summed E-state index contributed by atoms with van der Waals surface area (Å²) in [6.07, 6.45) is 3.41. The highest BCUT2D eigenvalue weighted by Crippen LogP contribution is 2.36. The maximum absolute atomic E-state index is 13.1. The van der Waals surface area contributed by atoms with Crippen molar-refractivity contribution in [1.29, 1.82) is 0 Å². The maximum atomic E-state index is 13.1. The van der Waals surface area contributed by atoms with Crippen LogP contribution in [0.2, 0.25) is 0 Å². The van der Waals surface area contributed by atoms with E-state index < -0.39 is 0 Å². The van der Waals surface area contributed by atoms with Crippen LogP contribution in [0.1, 0.15) is 35.9 Å². The molecule has 0 radical (unpaired) electrons. The first-order chi connectivity index (χ1) is 11.2. The van der Waals surface area contributed by atoms with Crippen LogP contribution in [0.15, 0.2) is 35.5 Å². The van der Waals surface area contributed by atoms with Crippen LogP contribution in [0.3, 0.4) is 0 Å². The molecule has 1 fully saturated rings. The van der Waals surface area contributed by atoms with Gasteiger partial charge in [-0.05, 0) is 31.7 Å². The fourth-order valence-electron chi connectivity index (χ4n) is 2.76. The second-order valence-corrected chi connectivity index (χ2v) is 6.96. The molecule has 0 bridgehead atoms. The largest absolute Gasteiger partial charge is 0.341 e. The topological polar surface area (TPSA) is 51.0 Å². The minimum absolute atomic E-state index is 0.182. The Morgan fingerprint density at radius 1 is 1.13 bits per heavy atom. The summed E-state index contributed by atoms with van der Waals surface area (Å²) < 4.78 is 1.93. The number of likely N-dealkylation sites (tertiary alicyclic amines) is 1. The van der Waals surface area contributed by atoms with E-state index in [4.69, 9.17) is 0 Å². The molecule has 1 saturated heterocycles. The van der Waals surface area contributed by atoms with Gasteiger partial charge >= 0.3 is 0 Å². The van der Waals surface area contributed by atoms with Gasteiger partial charge in [0.2, 0.25) is 5.91 Å². The van der Waals surface area contributed by atoms with Crippen LogP contribution in [0, 0.1) is 6.92 Å². The molecule has 5 nitrogen and oxygen atoms in total. The number of hydrogen-bond acceptors (Lipinski definition) is 4. The third-order valence-electron chi connectivity index (χ3n) is 4.27. The summed E-state index contributed by atoms with van der Waals surface area (Å²) in [7, 11) is 1.94. The molecule has 6 heteroatoms. The first-order valence-corrected chi connectivity index (χ1v) is 8.91. The molecule has 0 saturated carbocycles. The Bertz CT molecular complexity index is 664. The molecule has 1 amide bonds. The first kappa shape index (κ1) is 16.1. The third kappa shape index (κ3) is 3.58. The van der Waals surface area contributed by atoms with E-state index in [9.17, 15) is 4.79 Å². The van der Waals surface area contributed by atoms with E-state index in [-0.39, 0.29) is 11.2 Å². The number of hydrogen-bond donors (Lipinski definition) is 0. The van der Waals surface area contributed by atoms with Gasteiger partial charge in [0.1, 0.15) is 11.1 Å². The zero-order valence-corrected chi connectivity index (χ0v) is 14.4. The molecule has 1 aliphatic heterocycles. The van der Waals surface area contributed by atoms with Crippen LogP contribution in [0.5, 0.6) is 0 Å². The number of benzene rings is 1. The molecule has 3 rings (SSSR count). The van der Waals surface area contributed by atoms with Gasteiger partial charge in [-0.2, -0.15) is 0 Å². The van der Waals surface area contributed by atoms with Crippen molar-refractivity contribution in [1.82, 2.24) is 19.7 Å². The molecule has 122 valence electrons. The summed E-state index contributed by atoms with van der Waals surface area (Å²) >= 11 is 1.49. The fourth-order valence-corrected chi connectivity index (χ4v) is 3.90. The van der Waals surface area contributed by atoms with E-state index in [0.717, 1.165) is 42.5 Å². The number of nitrogens with zero attached hydrogens (tertiary/aromatic N) is 4. The molecular formula is C17H22N4OS. The minimum atomic E-state index is -0.267. The number of piperidine rings is 1. The van der Waals surface area contributed by atoms with Crippen molar-refractivity contribution in [2.45, 2.75) is 36.6 Å². The Hall–Kier alpha value is -1.82. The fraction of sp³-hybridized carbons (Fsp3) is 0.471. The van der Waals surface area contributed by atoms with Crippen molar-refractivity contribution in [3.05, 3.63) is 41.7 Å². The highest BCUT2D eigenvalue weighted by atomic mass is 32.2. The second kappa shape index (κ2) is 7.17. The number of carbonyl (C=O) groups excluding carboxylic acids is 1. The van der Waals surface area contributed by atoms with Gasteiger partial charge in [0.05, 0.1) is 0 Å². The second-order valence-electron chi connectivity index (χ2n) is 5.88. The Morgan fingerprint density at radius 2 is 1.83 bits per heavy atom. The highest BCUT2D eigenvalue weighted by Gasteiger charge is 2.29. The summed E-state index contributed by atoms with van der Waals surface area (Å²) in [6.45, 7) is 3.64. The van der Waals surface area contributed by atoms with E-state index in [1.54, 1.807) is 0 Å². The molecule has 1 atom stereocenters. The van der Waals surface area contributed by atoms with Gasteiger partial charge in [-0.3, -0.25) is 4.79 Å². The van der Waals surface area contributed by atoms with Gasteiger partial charge < -0.3 is 9.47 Å². The average molecular weight is 330 g/mol. The van der Waals surface area contributed by atoms with Crippen LogP contribution in [0.25, 0.3) is 0 Å². The molecular weight excluding hydrogens is 308 g/mol. The summed E-state index contributed by atoms with van der Waals surface area (Å²) in [5.41, 5.74) is 1.02.